The summed E-state index contributed by atoms with van der Waals surface area (Å²) >= 11 is 0. The summed E-state index contributed by atoms with van der Waals surface area (Å²) in [4.78, 5) is 40.3. The number of carbonyl (C=O) groups excluding carboxylic acids is 3. The molecule has 1 unspecified atom stereocenters. The highest BCUT2D eigenvalue weighted by Crippen LogP contribution is 2.31. The van der Waals surface area contributed by atoms with Crippen molar-refractivity contribution in [1.29, 1.82) is 0 Å². The first-order valence-electron chi connectivity index (χ1n) is 11.1. The highest BCUT2D eigenvalue weighted by atomic mass is 19.4. The number of alkyl halides is 3. The van der Waals surface area contributed by atoms with Crippen molar-refractivity contribution in [3.05, 3.63) is 89.2 Å². The Labute approximate surface area is 209 Å². The lowest BCUT2D eigenvalue weighted by molar-refractivity contribution is -0.137. The van der Waals surface area contributed by atoms with Crippen LogP contribution < -0.4 is 16.8 Å². The number of nitrogens with zero attached hydrogens (tertiary/aromatic N) is 2. The minimum atomic E-state index is -4.45. The van der Waals surface area contributed by atoms with Crippen molar-refractivity contribution in [3.8, 4) is 11.3 Å². The fourth-order valence-corrected chi connectivity index (χ4v) is 3.84. The summed E-state index contributed by atoms with van der Waals surface area (Å²) < 4.78 is 40.5. The molecule has 8 nitrogen and oxygen atoms in total. The van der Waals surface area contributed by atoms with E-state index in [1.54, 1.807) is 41.1 Å². The fraction of sp³-hybridized carbons (Fsp3) is 0.154. The molecule has 2 aromatic carbocycles. The molecule has 0 aliphatic heterocycles. The van der Waals surface area contributed by atoms with E-state index in [1.807, 2.05) is 0 Å². The number of rotatable bonds is 7. The van der Waals surface area contributed by atoms with Crippen molar-refractivity contribution in [2.45, 2.75) is 25.7 Å². The van der Waals surface area contributed by atoms with Gasteiger partial charge in [0.25, 0.3) is 11.8 Å². The molecule has 0 spiro atoms. The van der Waals surface area contributed by atoms with Gasteiger partial charge >= 0.3 is 6.18 Å². The van der Waals surface area contributed by atoms with E-state index in [-0.39, 0.29) is 17.8 Å². The number of amides is 3. The number of hydrogen-bond donors (Lipinski definition) is 3. The van der Waals surface area contributed by atoms with E-state index in [1.165, 1.54) is 25.1 Å². The Bertz CT molecular complexity index is 1510. The van der Waals surface area contributed by atoms with Crippen LogP contribution in [-0.4, -0.2) is 33.3 Å². The van der Waals surface area contributed by atoms with Gasteiger partial charge < -0.3 is 21.4 Å². The minimum absolute atomic E-state index is 0.0747. The first-order chi connectivity index (χ1) is 17.4. The second kappa shape index (κ2) is 9.76. The van der Waals surface area contributed by atoms with Crippen LogP contribution in [0.2, 0.25) is 0 Å². The third-order valence-corrected chi connectivity index (χ3v) is 5.83. The van der Waals surface area contributed by atoms with Crippen LogP contribution in [0.25, 0.3) is 22.2 Å². The molecule has 37 heavy (non-hydrogen) atoms. The lowest BCUT2D eigenvalue weighted by Crippen LogP contribution is -2.42. The molecule has 4 aromatic rings. The summed E-state index contributed by atoms with van der Waals surface area (Å²) in [5.74, 6) is -1.96. The maximum Gasteiger partial charge on any atom is 0.416 e. The zero-order valence-electron chi connectivity index (χ0n) is 19.5. The summed E-state index contributed by atoms with van der Waals surface area (Å²) in [6.07, 6.45) is -2.89. The Hall–Kier alpha value is -4.67. The van der Waals surface area contributed by atoms with Crippen LogP contribution >= 0.6 is 0 Å². The van der Waals surface area contributed by atoms with Crippen LogP contribution in [0, 0.1) is 0 Å². The van der Waals surface area contributed by atoms with Crippen LogP contribution in [0.5, 0.6) is 0 Å². The molecule has 0 saturated carbocycles. The van der Waals surface area contributed by atoms with Crippen molar-refractivity contribution >= 4 is 28.6 Å². The van der Waals surface area contributed by atoms with Gasteiger partial charge in [0.1, 0.15) is 11.7 Å². The number of carbonyl (C=O) groups is 3. The van der Waals surface area contributed by atoms with Crippen molar-refractivity contribution in [3.63, 3.8) is 0 Å². The third kappa shape index (κ3) is 5.45. The van der Waals surface area contributed by atoms with E-state index in [4.69, 9.17) is 11.5 Å². The molecule has 0 bridgehead atoms. The third-order valence-electron chi connectivity index (χ3n) is 5.83. The van der Waals surface area contributed by atoms with Gasteiger partial charge in [-0.2, -0.15) is 13.2 Å². The number of pyridine rings is 1. The van der Waals surface area contributed by atoms with Crippen LogP contribution in [-0.2, 0) is 17.5 Å². The molecule has 4 rings (SSSR count). The molecule has 190 valence electrons. The van der Waals surface area contributed by atoms with Gasteiger partial charge in [-0.3, -0.25) is 14.4 Å². The largest absolute Gasteiger partial charge is 0.416 e. The second-order valence-electron chi connectivity index (χ2n) is 8.47. The fourth-order valence-electron chi connectivity index (χ4n) is 3.84. The molecule has 11 heteroatoms. The number of halogens is 3. The van der Waals surface area contributed by atoms with Crippen LogP contribution in [0.15, 0.2) is 66.9 Å². The highest BCUT2D eigenvalue weighted by molar-refractivity contribution is 6.09. The first kappa shape index (κ1) is 25.4. The van der Waals surface area contributed by atoms with E-state index in [0.717, 1.165) is 12.1 Å². The molecule has 3 amide bonds. The van der Waals surface area contributed by atoms with Crippen molar-refractivity contribution in [2.75, 3.05) is 0 Å². The predicted octanol–water partition coefficient (Wildman–Crippen LogP) is 3.47. The first-order valence-corrected chi connectivity index (χ1v) is 11.1. The molecule has 0 aliphatic rings. The quantitative estimate of drug-likeness (QED) is 0.352. The van der Waals surface area contributed by atoms with Gasteiger partial charge in [0, 0.05) is 29.2 Å². The van der Waals surface area contributed by atoms with Crippen LogP contribution in [0.3, 0.4) is 0 Å². The SMILES string of the molecule is CC(NC(=O)c1cn(Cc2ccc(C(F)(F)F)cc2)c2ccc(-c3cccc(C(N)=O)n3)cc12)C(N)=O. The van der Waals surface area contributed by atoms with Gasteiger partial charge in [-0.1, -0.05) is 24.3 Å². The summed E-state index contributed by atoms with van der Waals surface area (Å²) in [7, 11) is 0. The minimum Gasteiger partial charge on any atom is -0.368 e. The molecule has 0 fully saturated rings. The van der Waals surface area contributed by atoms with Crippen LogP contribution in [0.4, 0.5) is 13.2 Å². The summed E-state index contributed by atoms with van der Waals surface area (Å²) in [5.41, 5.74) is 12.4. The van der Waals surface area contributed by atoms with Crippen LogP contribution in [0.1, 0.15) is 38.9 Å². The van der Waals surface area contributed by atoms with Gasteiger partial charge in [0.15, 0.2) is 0 Å². The number of primary amides is 2. The van der Waals surface area contributed by atoms with E-state index in [2.05, 4.69) is 10.3 Å². The molecule has 0 aliphatic carbocycles. The average molecular weight is 509 g/mol. The second-order valence-corrected chi connectivity index (χ2v) is 8.47. The van der Waals surface area contributed by atoms with Gasteiger partial charge in [-0.05, 0) is 48.9 Å². The number of aromatic nitrogens is 2. The van der Waals surface area contributed by atoms with E-state index < -0.39 is 35.5 Å². The molecule has 2 heterocycles. The lowest BCUT2D eigenvalue weighted by atomic mass is 10.1. The predicted molar refractivity (Wildman–Crippen MR) is 130 cm³/mol. The number of benzene rings is 2. The lowest BCUT2D eigenvalue weighted by Gasteiger charge is -2.09. The highest BCUT2D eigenvalue weighted by Gasteiger charge is 2.30. The molecule has 2 aromatic heterocycles. The standard InChI is InChI=1S/C26H22F3N5O3/c1-14(23(30)35)32-25(37)19-13-34(12-15-5-8-17(9-6-15)26(27,28)29)22-10-7-16(11-18(19)22)20-3-2-4-21(33-20)24(31)36/h2-11,13-14H,12H2,1H3,(H2,30,35)(H2,31,36)(H,32,37). The van der Waals surface area contributed by atoms with Crippen molar-refractivity contribution in [2.24, 2.45) is 11.5 Å². The average Bonchev–Trinajstić information content (AvgIpc) is 3.21. The summed E-state index contributed by atoms with van der Waals surface area (Å²) in [6.45, 7) is 1.63. The van der Waals surface area contributed by atoms with Gasteiger partial charge in [-0.15, -0.1) is 0 Å². The number of nitrogens with two attached hydrogens (primary N) is 2. The molecule has 5 N–H and O–H groups in total. The Balaban J connectivity index is 1.78. The van der Waals surface area contributed by atoms with Crippen molar-refractivity contribution < 1.29 is 27.6 Å². The van der Waals surface area contributed by atoms with Gasteiger partial charge in [-0.25, -0.2) is 4.98 Å². The Morgan fingerprint density at radius 2 is 1.73 bits per heavy atom. The smallest absolute Gasteiger partial charge is 0.368 e. The number of fused-ring (bicyclic) bond motifs is 1. The zero-order valence-corrected chi connectivity index (χ0v) is 19.5. The Morgan fingerprint density at radius 3 is 2.35 bits per heavy atom. The Kier molecular flexibility index (Phi) is 6.71. The molecule has 0 saturated heterocycles. The summed E-state index contributed by atoms with van der Waals surface area (Å²) in [5, 5.41) is 3.05. The molecule has 1 atom stereocenters. The van der Waals surface area contributed by atoms with E-state index in [0.29, 0.717) is 27.7 Å². The molecular formula is C26H22F3N5O3. The number of nitrogens with one attached hydrogen (secondary N) is 1. The maximum absolute atomic E-state index is 13.1. The topological polar surface area (TPSA) is 133 Å². The number of hydrogen-bond acceptors (Lipinski definition) is 4. The zero-order chi connectivity index (χ0) is 26.9. The van der Waals surface area contributed by atoms with E-state index in [9.17, 15) is 27.6 Å². The van der Waals surface area contributed by atoms with Gasteiger partial charge in [0.2, 0.25) is 5.91 Å². The van der Waals surface area contributed by atoms with Gasteiger partial charge in [0.05, 0.1) is 16.8 Å². The summed E-state index contributed by atoms with van der Waals surface area (Å²) in [6, 6.07) is 13.8. The Morgan fingerprint density at radius 1 is 1.03 bits per heavy atom. The van der Waals surface area contributed by atoms with Crippen molar-refractivity contribution in [1.82, 2.24) is 14.9 Å². The monoisotopic (exact) mass is 509 g/mol. The molecular weight excluding hydrogens is 487 g/mol. The normalized spacial score (nSPS) is 12.3. The van der Waals surface area contributed by atoms with E-state index >= 15 is 0 Å². The molecule has 0 radical (unpaired) electrons. The maximum atomic E-state index is 13.1.